The van der Waals surface area contributed by atoms with Crippen molar-refractivity contribution in [3.05, 3.63) is 0 Å². The first kappa shape index (κ1) is 31.8. The summed E-state index contributed by atoms with van der Waals surface area (Å²) in [7, 11) is -5.84. The molecule has 2 heterocycles. The summed E-state index contributed by atoms with van der Waals surface area (Å²) in [4.78, 5) is 52.1. The van der Waals surface area contributed by atoms with Gasteiger partial charge >= 0.3 is 15.5 Å². The molecule has 0 aliphatic carbocycles. The zero-order chi connectivity index (χ0) is 29.2. The summed E-state index contributed by atoms with van der Waals surface area (Å²) < 4.78 is 64.2. The van der Waals surface area contributed by atoms with E-state index in [0.29, 0.717) is 19.4 Å². The number of nitrogens with one attached hydrogen (secondary N) is 3. The Morgan fingerprint density at radius 1 is 1.16 bits per heavy atom. The maximum absolute atomic E-state index is 13.5. The zero-order valence-electron chi connectivity index (χ0n) is 22.2. The van der Waals surface area contributed by atoms with Gasteiger partial charge in [0.25, 0.3) is 0 Å². The molecule has 2 aliphatic heterocycles. The van der Waals surface area contributed by atoms with Crippen LogP contribution in [0.3, 0.4) is 0 Å². The van der Waals surface area contributed by atoms with E-state index in [0.717, 1.165) is 4.90 Å². The highest BCUT2D eigenvalue weighted by Crippen LogP contribution is 2.37. The van der Waals surface area contributed by atoms with Crippen LogP contribution in [0.4, 0.5) is 13.2 Å². The number of piperidine rings is 1. The summed E-state index contributed by atoms with van der Waals surface area (Å²) in [6.45, 7) is 9.02. The van der Waals surface area contributed by atoms with Crippen LogP contribution in [-0.4, -0.2) is 73.7 Å². The van der Waals surface area contributed by atoms with E-state index in [1.807, 2.05) is 20.8 Å². The van der Waals surface area contributed by atoms with Crippen molar-refractivity contribution in [1.82, 2.24) is 20.3 Å². The van der Waals surface area contributed by atoms with Gasteiger partial charge in [0, 0.05) is 19.0 Å². The van der Waals surface area contributed by atoms with Crippen molar-refractivity contribution >= 4 is 33.7 Å². The van der Waals surface area contributed by atoms with Crippen LogP contribution in [0.1, 0.15) is 60.3 Å². The van der Waals surface area contributed by atoms with Crippen LogP contribution in [0.25, 0.3) is 0 Å². The number of hydrogen-bond acceptors (Lipinski definition) is 6. The molecule has 2 fully saturated rings. The third-order valence-corrected chi connectivity index (χ3v) is 8.45. The Morgan fingerprint density at radius 3 is 2.21 bits per heavy atom. The summed E-state index contributed by atoms with van der Waals surface area (Å²) in [5.41, 5.74) is -0.433. The summed E-state index contributed by atoms with van der Waals surface area (Å²) in [5, 5.41) is 5.16. The molecule has 2 saturated heterocycles. The standard InChI is InChI=1S/C23H38F3N5O6S/c1-12(2)17(30-38(36,37)23(24,25)26)21(35)31-9-7-14(22(3,4)5)11-16(31)20(34)29-15(18(27)32)10-13-6-8-28-19(13)33/h12-17,30H,6-11H2,1-5H3,(H2,27,32)(H,28,33)(H,29,34)/t13-,14-,15?,16+,17?/m0/s1. The number of halogens is 3. The van der Waals surface area contributed by atoms with Crippen LogP contribution in [0, 0.1) is 23.2 Å². The third kappa shape index (κ3) is 7.58. The molecule has 2 rings (SSSR count). The number of carbonyl (C=O) groups excluding carboxylic acids is 4. The molecule has 11 nitrogen and oxygen atoms in total. The highest BCUT2D eigenvalue weighted by atomic mass is 32.2. The van der Waals surface area contributed by atoms with Crippen LogP contribution < -0.4 is 21.1 Å². The van der Waals surface area contributed by atoms with E-state index in [1.54, 1.807) is 0 Å². The van der Waals surface area contributed by atoms with Gasteiger partial charge in [0.05, 0.1) is 0 Å². The molecule has 0 bridgehead atoms. The monoisotopic (exact) mass is 569 g/mol. The average molecular weight is 570 g/mol. The van der Waals surface area contributed by atoms with Gasteiger partial charge < -0.3 is 21.3 Å². The lowest BCUT2D eigenvalue weighted by molar-refractivity contribution is -0.147. The summed E-state index contributed by atoms with van der Waals surface area (Å²) in [5.74, 6) is -4.37. The number of likely N-dealkylation sites (tertiary alicyclic amines) is 1. The van der Waals surface area contributed by atoms with Crippen molar-refractivity contribution in [2.45, 2.75) is 83.9 Å². The fraction of sp³-hybridized carbons (Fsp3) is 0.826. The Morgan fingerprint density at radius 2 is 1.76 bits per heavy atom. The predicted octanol–water partition coefficient (Wildman–Crippen LogP) is 0.600. The summed E-state index contributed by atoms with van der Waals surface area (Å²) >= 11 is 0. The molecule has 0 radical (unpaired) electrons. The normalized spacial score (nSPS) is 24.6. The molecule has 0 aromatic rings. The van der Waals surface area contributed by atoms with Gasteiger partial charge in [-0.25, -0.2) is 8.42 Å². The Balaban J connectivity index is 2.35. The lowest BCUT2D eigenvalue weighted by atomic mass is 9.73. The van der Waals surface area contributed by atoms with E-state index < -0.39 is 63.2 Å². The molecular weight excluding hydrogens is 531 g/mol. The molecular formula is C23H38F3N5O6S. The number of primary amides is 1. The number of carbonyl (C=O) groups is 4. The van der Waals surface area contributed by atoms with Gasteiger partial charge in [0.2, 0.25) is 23.6 Å². The fourth-order valence-electron chi connectivity index (χ4n) is 4.82. The number of sulfonamides is 1. The highest BCUT2D eigenvalue weighted by molar-refractivity contribution is 7.90. The van der Waals surface area contributed by atoms with Gasteiger partial charge in [0.15, 0.2) is 0 Å². The Kier molecular flexibility index (Phi) is 9.84. The second kappa shape index (κ2) is 11.8. The molecule has 5 N–H and O–H groups in total. The topological polar surface area (TPSA) is 168 Å². The smallest absolute Gasteiger partial charge is 0.368 e. The minimum absolute atomic E-state index is 0.0118. The van der Waals surface area contributed by atoms with Gasteiger partial charge in [-0.05, 0) is 42.9 Å². The summed E-state index contributed by atoms with van der Waals surface area (Å²) in [6.07, 6.45) is 0.967. The van der Waals surface area contributed by atoms with Gasteiger partial charge in [-0.2, -0.15) is 17.9 Å². The molecule has 15 heteroatoms. The second-order valence-corrected chi connectivity index (χ2v) is 13.1. The second-order valence-electron chi connectivity index (χ2n) is 11.4. The molecule has 2 unspecified atom stereocenters. The van der Waals surface area contributed by atoms with Crippen molar-refractivity contribution in [3.8, 4) is 0 Å². The largest absolute Gasteiger partial charge is 0.511 e. The van der Waals surface area contributed by atoms with Gasteiger partial charge in [-0.1, -0.05) is 34.6 Å². The Labute approximate surface area is 220 Å². The van der Waals surface area contributed by atoms with E-state index in [2.05, 4.69) is 10.6 Å². The van der Waals surface area contributed by atoms with Crippen LogP contribution >= 0.6 is 0 Å². The lowest BCUT2D eigenvalue weighted by Crippen LogP contribution is -2.62. The maximum Gasteiger partial charge on any atom is 0.511 e. The number of hydrogen-bond donors (Lipinski definition) is 4. The molecule has 218 valence electrons. The number of nitrogens with zero attached hydrogens (tertiary/aromatic N) is 1. The minimum atomic E-state index is -5.84. The van der Waals surface area contributed by atoms with E-state index in [-0.39, 0.29) is 36.6 Å². The highest BCUT2D eigenvalue weighted by Gasteiger charge is 2.50. The van der Waals surface area contributed by atoms with Crippen LogP contribution in [0.15, 0.2) is 0 Å². The Bertz CT molecular complexity index is 1030. The third-order valence-electron chi connectivity index (χ3n) is 7.28. The van der Waals surface area contributed by atoms with E-state index >= 15 is 0 Å². The van der Waals surface area contributed by atoms with Crippen LogP contribution in [0.5, 0.6) is 0 Å². The predicted molar refractivity (Wildman–Crippen MR) is 131 cm³/mol. The fourth-order valence-corrected chi connectivity index (χ4v) is 5.66. The molecule has 5 atom stereocenters. The molecule has 0 saturated carbocycles. The number of amides is 4. The first-order chi connectivity index (χ1) is 17.3. The van der Waals surface area contributed by atoms with Gasteiger partial charge in [-0.3, -0.25) is 19.2 Å². The minimum Gasteiger partial charge on any atom is -0.368 e. The SMILES string of the molecule is CC(C)C(NS(=O)(=O)C(F)(F)F)C(=O)N1CC[C@H](C(C)(C)C)C[C@@H]1C(=O)NC(C[C@@H]1CCNC1=O)C(N)=O. The lowest BCUT2D eigenvalue weighted by Gasteiger charge is -2.44. The molecule has 4 amide bonds. The van der Waals surface area contributed by atoms with Gasteiger partial charge in [-0.15, -0.1) is 0 Å². The van der Waals surface area contributed by atoms with Gasteiger partial charge in [0.1, 0.15) is 18.1 Å². The van der Waals surface area contributed by atoms with Crippen LogP contribution in [-0.2, 0) is 29.2 Å². The number of nitrogens with two attached hydrogens (primary N) is 1. The van der Waals surface area contributed by atoms with Crippen molar-refractivity contribution in [3.63, 3.8) is 0 Å². The number of alkyl halides is 3. The molecule has 2 aliphatic rings. The quantitative estimate of drug-likeness (QED) is 0.317. The van der Waals surface area contributed by atoms with E-state index in [1.165, 1.54) is 18.6 Å². The zero-order valence-corrected chi connectivity index (χ0v) is 23.0. The average Bonchev–Trinajstić information content (AvgIpc) is 3.18. The van der Waals surface area contributed by atoms with E-state index in [4.69, 9.17) is 5.73 Å². The Hall–Kier alpha value is -2.42. The number of rotatable bonds is 9. The van der Waals surface area contributed by atoms with Crippen LogP contribution in [0.2, 0.25) is 0 Å². The summed E-state index contributed by atoms with van der Waals surface area (Å²) in [6, 6.07) is -4.19. The van der Waals surface area contributed by atoms with E-state index in [9.17, 15) is 40.8 Å². The maximum atomic E-state index is 13.5. The molecule has 0 aromatic heterocycles. The molecule has 38 heavy (non-hydrogen) atoms. The van der Waals surface area contributed by atoms with Crippen molar-refractivity contribution in [2.24, 2.45) is 28.9 Å². The van der Waals surface area contributed by atoms with Crippen molar-refractivity contribution in [1.29, 1.82) is 0 Å². The molecule has 0 aromatic carbocycles. The van der Waals surface area contributed by atoms with Crippen molar-refractivity contribution < 1.29 is 40.8 Å². The van der Waals surface area contributed by atoms with Crippen molar-refractivity contribution in [2.75, 3.05) is 13.1 Å². The first-order valence-electron chi connectivity index (χ1n) is 12.5. The molecule has 0 spiro atoms. The first-order valence-corrected chi connectivity index (χ1v) is 14.0.